The standard InChI is InChI=1S/C19H24FN5O2/c1-13-18(14(2)25(22-13)16-6-4-15(20)5-7-16)19(27)24-10-8-23(9-11-24)12-17(26)21-3/h4-7H,8-12H2,1-3H3,(H,21,26). The van der Waals surface area contributed by atoms with Gasteiger partial charge in [0, 0.05) is 33.2 Å². The second kappa shape index (κ2) is 7.87. The molecule has 1 aromatic heterocycles. The third-order valence-corrected chi connectivity index (χ3v) is 4.88. The van der Waals surface area contributed by atoms with Crippen molar-refractivity contribution in [2.24, 2.45) is 0 Å². The van der Waals surface area contributed by atoms with E-state index in [2.05, 4.69) is 10.4 Å². The van der Waals surface area contributed by atoms with Crippen molar-refractivity contribution in [1.82, 2.24) is 24.9 Å². The number of likely N-dealkylation sites (N-methyl/N-ethyl adjacent to an activating group) is 1. The molecule has 1 fully saturated rings. The Morgan fingerprint density at radius 1 is 1.11 bits per heavy atom. The highest BCUT2D eigenvalue weighted by molar-refractivity contribution is 5.96. The fourth-order valence-corrected chi connectivity index (χ4v) is 3.34. The highest BCUT2D eigenvalue weighted by Crippen LogP contribution is 2.20. The Hall–Kier alpha value is -2.74. The van der Waals surface area contributed by atoms with Gasteiger partial charge in [0.15, 0.2) is 0 Å². The number of hydrogen-bond donors (Lipinski definition) is 1. The zero-order valence-corrected chi connectivity index (χ0v) is 15.8. The summed E-state index contributed by atoms with van der Waals surface area (Å²) in [7, 11) is 1.62. The molecule has 0 bridgehead atoms. The van der Waals surface area contributed by atoms with Gasteiger partial charge in [-0.25, -0.2) is 9.07 Å². The van der Waals surface area contributed by atoms with E-state index in [1.807, 2.05) is 18.7 Å². The fraction of sp³-hybridized carbons (Fsp3) is 0.421. The number of benzene rings is 1. The lowest BCUT2D eigenvalue weighted by atomic mass is 10.1. The zero-order valence-electron chi connectivity index (χ0n) is 15.8. The number of aryl methyl sites for hydroxylation is 1. The molecule has 1 aromatic carbocycles. The summed E-state index contributed by atoms with van der Waals surface area (Å²) in [5.74, 6) is -0.397. The first-order valence-electron chi connectivity index (χ1n) is 8.95. The van der Waals surface area contributed by atoms with Crippen LogP contribution in [0.4, 0.5) is 4.39 Å². The van der Waals surface area contributed by atoms with E-state index in [9.17, 15) is 14.0 Å². The normalized spacial score (nSPS) is 15.0. The average Bonchev–Trinajstić information content (AvgIpc) is 2.96. The van der Waals surface area contributed by atoms with Gasteiger partial charge in [-0.2, -0.15) is 5.10 Å². The van der Waals surface area contributed by atoms with E-state index >= 15 is 0 Å². The van der Waals surface area contributed by atoms with Gasteiger partial charge in [-0.3, -0.25) is 14.5 Å². The highest BCUT2D eigenvalue weighted by Gasteiger charge is 2.27. The van der Waals surface area contributed by atoms with Crippen LogP contribution in [0.15, 0.2) is 24.3 Å². The van der Waals surface area contributed by atoms with Crippen LogP contribution in [-0.4, -0.2) is 71.2 Å². The molecule has 0 atom stereocenters. The number of aromatic nitrogens is 2. The van der Waals surface area contributed by atoms with Crippen LogP contribution in [0.25, 0.3) is 5.69 Å². The van der Waals surface area contributed by atoms with Crippen LogP contribution in [0.3, 0.4) is 0 Å². The smallest absolute Gasteiger partial charge is 0.257 e. The third kappa shape index (κ3) is 4.00. The van der Waals surface area contributed by atoms with E-state index in [-0.39, 0.29) is 17.6 Å². The first kappa shape index (κ1) is 19.0. The van der Waals surface area contributed by atoms with Crippen LogP contribution in [0, 0.1) is 19.7 Å². The molecule has 3 rings (SSSR count). The number of rotatable bonds is 4. The molecule has 0 unspecified atom stereocenters. The fourth-order valence-electron chi connectivity index (χ4n) is 3.34. The van der Waals surface area contributed by atoms with E-state index in [0.29, 0.717) is 49.7 Å². The molecule has 1 aliphatic heterocycles. The van der Waals surface area contributed by atoms with Gasteiger partial charge in [0.05, 0.1) is 29.2 Å². The molecule has 2 heterocycles. The SMILES string of the molecule is CNC(=O)CN1CCN(C(=O)c2c(C)nn(-c3ccc(F)cc3)c2C)CC1. The summed E-state index contributed by atoms with van der Waals surface area (Å²) < 4.78 is 14.8. The van der Waals surface area contributed by atoms with Crippen molar-refractivity contribution in [3.63, 3.8) is 0 Å². The lowest BCUT2D eigenvalue weighted by molar-refractivity contribution is -0.122. The molecule has 2 aromatic rings. The maximum absolute atomic E-state index is 13.2. The molecule has 0 radical (unpaired) electrons. The third-order valence-electron chi connectivity index (χ3n) is 4.88. The van der Waals surface area contributed by atoms with Crippen LogP contribution in [0.5, 0.6) is 0 Å². The number of amides is 2. The minimum Gasteiger partial charge on any atom is -0.358 e. The molecule has 1 N–H and O–H groups in total. The van der Waals surface area contributed by atoms with Crippen molar-refractivity contribution >= 4 is 11.8 Å². The zero-order chi connectivity index (χ0) is 19.6. The molecule has 7 nitrogen and oxygen atoms in total. The molecule has 2 amide bonds. The Labute approximate surface area is 157 Å². The Bertz CT molecular complexity index is 839. The molecule has 0 saturated carbocycles. The lowest BCUT2D eigenvalue weighted by Gasteiger charge is -2.34. The molecule has 1 aliphatic rings. The first-order chi connectivity index (χ1) is 12.9. The number of piperazine rings is 1. The van der Waals surface area contributed by atoms with Crippen molar-refractivity contribution in [2.45, 2.75) is 13.8 Å². The van der Waals surface area contributed by atoms with Gasteiger partial charge in [0.2, 0.25) is 5.91 Å². The minimum atomic E-state index is -0.314. The van der Waals surface area contributed by atoms with Gasteiger partial charge in [-0.1, -0.05) is 0 Å². The number of carbonyl (C=O) groups is 2. The van der Waals surface area contributed by atoms with E-state index < -0.39 is 0 Å². The molecular weight excluding hydrogens is 349 g/mol. The molecule has 8 heteroatoms. The number of nitrogens with one attached hydrogen (secondary N) is 1. The van der Waals surface area contributed by atoms with E-state index in [4.69, 9.17) is 0 Å². The molecule has 0 aliphatic carbocycles. The molecule has 1 saturated heterocycles. The summed E-state index contributed by atoms with van der Waals surface area (Å²) >= 11 is 0. The summed E-state index contributed by atoms with van der Waals surface area (Å²) in [6, 6.07) is 6.03. The Morgan fingerprint density at radius 2 is 1.74 bits per heavy atom. The highest BCUT2D eigenvalue weighted by atomic mass is 19.1. The minimum absolute atomic E-state index is 0.0259. The van der Waals surface area contributed by atoms with Crippen LogP contribution in [0.2, 0.25) is 0 Å². The quantitative estimate of drug-likeness (QED) is 0.872. The second-order valence-corrected chi connectivity index (χ2v) is 6.68. The van der Waals surface area contributed by atoms with Gasteiger partial charge in [0.25, 0.3) is 5.91 Å². The van der Waals surface area contributed by atoms with Gasteiger partial charge < -0.3 is 10.2 Å². The number of nitrogens with zero attached hydrogens (tertiary/aromatic N) is 4. The van der Waals surface area contributed by atoms with Crippen LogP contribution >= 0.6 is 0 Å². The lowest BCUT2D eigenvalue weighted by Crippen LogP contribution is -2.51. The van der Waals surface area contributed by atoms with Crippen LogP contribution < -0.4 is 5.32 Å². The van der Waals surface area contributed by atoms with Gasteiger partial charge >= 0.3 is 0 Å². The van der Waals surface area contributed by atoms with Crippen molar-refractivity contribution in [1.29, 1.82) is 0 Å². The van der Waals surface area contributed by atoms with Gasteiger partial charge in [-0.15, -0.1) is 0 Å². The van der Waals surface area contributed by atoms with Crippen molar-refractivity contribution in [3.8, 4) is 5.69 Å². The predicted octanol–water partition coefficient (Wildman–Crippen LogP) is 1.13. The van der Waals surface area contributed by atoms with Crippen molar-refractivity contribution in [3.05, 3.63) is 47.0 Å². The largest absolute Gasteiger partial charge is 0.358 e. The summed E-state index contributed by atoms with van der Waals surface area (Å²) in [5, 5.41) is 7.09. The summed E-state index contributed by atoms with van der Waals surface area (Å²) in [4.78, 5) is 28.4. The topological polar surface area (TPSA) is 70.5 Å². The monoisotopic (exact) mass is 373 g/mol. The molecular formula is C19H24FN5O2. The molecule has 27 heavy (non-hydrogen) atoms. The van der Waals surface area contributed by atoms with Crippen LogP contribution in [-0.2, 0) is 4.79 Å². The summed E-state index contributed by atoms with van der Waals surface area (Å²) in [6.45, 7) is 6.44. The predicted molar refractivity (Wildman–Crippen MR) is 99.4 cm³/mol. The Kier molecular flexibility index (Phi) is 5.55. The molecule has 0 spiro atoms. The average molecular weight is 373 g/mol. The van der Waals surface area contributed by atoms with E-state index in [1.54, 1.807) is 28.8 Å². The Morgan fingerprint density at radius 3 is 2.33 bits per heavy atom. The summed E-state index contributed by atoms with van der Waals surface area (Å²) in [5.41, 5.74) is 2.68. The molecule has 144 valence electrons. The second-order valence-electron chi connectivity index (χ2n) is 6.68. The van der Waals surface area contributed by atoms with E-state index in [1.165, 1.54) is 12.1 Å². The number of carbonyl (C=O) groups excluding carboxylic acids is 2. The summed E-state index contributed by atoms with van der Waals surface area (Å²) in [6.07, 6.45) is 0. The van der Waals surface area contributed by atoms with Gasteiger partial charge in [-0.05, 0) is 38.1 Å². The van der Waals surface area contributed by atoms with Gasteiger partial charge in [0.1, 0.15) is 5.82 Å². The number of halogens is 1. The van der Waals surface area contributed by atoms with Crippen LogP contribution in [0.1, 0.15) is 21.7 Å². The van der Waals surface area contributed by atoms with E-state index in [0.717, 1.165) is 5.69 Å². The maximum atomic E-state index is 13.2. The Balaban J connectivity index is 1.74. The van der Waals surface area contributed by atoms with Crippen molar-refractivity contribution in [2.75, 3.05) is 39.8 Å². The maximum Gasteiger partial charge on any atom is 0.257 e. The first-order valence-corrected chi connectivity index (χ1v) is 8.95. The van der Waals surface area contributed by atoms with Crippen molar-refractivity contribution < 1.29 is 14.0 Å². The number of hydrogen-bond acceptors (Lipinski definition) is 4.